The normalized spacial score (nSPS) is 17.3. The summed E-state index contributed by atoms with van der Waals surface area (Å²) >= 11 is 17.8. The fourth-order valence-electron chi connectivity index (χ4n) is 2.82. The van der Waals surface area contributed by atoms with E-state index in [4.69, 9.17) is 34.8 Å². The first kappa shape index (κ1) is 17.1. The molecule has 1 aliphatic rings. The van der Waals surface area contributed by atoms with Crippen LogP contribution in [0.5, 0.6) is 0 Å². The molecule has 0 bridgehead atoms. The predicted molar refractivity (Wildman–Crippen MR) is 94.7 cm³/mol. The van der Waals surface area contributed by atoms with E-state index in [9.17, 15) is 8.42 Å². The number of fused-ring (bicyclic) bond motifs is 1. The largest absolute Gasteiger partial charge is 0.216 e. The Labute approximate surface area is 150 Å². The quantitative estimate of drug-likeness (QED) is 0.818. The summed E-state index contributed by atoms with van der Waals surface area (Å²) in [5.41, 5.74) is 2.69. The smallest absolute Gasteiger partial charge is 0.212 e. The summed E-state index contributed by atoms with van der Waals surface area (Å²) in [5.74, 6) is -0.136. The molecule has 0 saturated heterocycles. The maximum absolute atomic E-state index is 12.4. The number of rotatable bonds is 4. The SMILES string of the molecule is O=S(=O)(Cc1ccc(Cl)c(Cl)c1)NC1CCc2cc(Cl)ccc21. The number of nitrogens with one attached hydrogen (secondary N) is 1. The molecule has 1 N–H and O–H groups in total. The Hall–Kier alpha value is -0.780. The maximum Gasteiger partial charge on any atom is 0.216 e. The van der Waals surface area contributed by atoms with Crippen molar-refractivity contribution in [1.82, 2.24) is 4.72 Å². The highest BCUT2D eigenvalue weighted by Gasteiger charge is 2.26. The van der Waals surface area contributed by atoms with Crippen LogP contribution in [0, 0.1) is 0 Å². The van der Waals surface area contributed by atoms with Crippen LogP contribution in [-0.4, -0.2) is 8.42 Å². The Kier molecular flexibility index (Phi) is 4.90. The van der Waals surface area contributed by atoms with Crippen molar-refractivity contribution in [2.45, 2.75) is 24.6 Å². The minimum absolute atomic E-state index is 0.136. The molecular formula is C16H14Cl3NO2S. The second-order valence-corrected chi connectivity index (χ2v) is 8.56. The Morgan fingerprint density at radius 2 is 1.83 bits per heavy atom. The summed E-state index contributed by atoms with van der Waals surface area (Å²) in [6.45, 7) is 0. The summed E-state index contributed by atoms with van der Waals surface area (Å²) in [5, 5.41) is 1.42. The molecule has 0 aromatic heterocycles. The van der Waals surface area contributed by atoms with Crippen molar-refractivity contribution < 1.29 is 8.42 Å². The average Bonchev–Trinajstić information content (AvgIpc) is 2.84. The molecule has 1 atom stereocenters. The fourth-order valence-corrected chi connectivity index (χ4v) is 4.71. The van der Waals surface area contributed by atoms with Crippen molar-refractivity contribution in [3.63, 3.8) is 0 Å². The Morgan fingerprint density at radius 1 is 1.04 bits per heavy atom. The molecule has 122 valence electrons. The monoisotopic (exact) mass is 389 g/mol. The van der Waals surface area contributed by atoms with E-state index < -0.39 is 10.0 Å². The molecule has 0 amide bonds. The van der Waals surface area contributed by atoms with Gasteiger partial charge in [0, 0.05) is 11.1 Å². The molecule has 0 fully saturated rings. The third-order valence-corrected chi connectivity index (χ3v) is 6.18. The zero-order chi connectivity index (χ0) is 16.6. The second kappa shape index (κ2) is 6.61. The van der Waals surface area contributed by atoms with Crippen molar-refractivity contribution in [1.29, 1.82) is 0 Å². The lowest BCUT2D eigenvalue weighted by Crippen LogP contribution is -2.28. The summed E-state index contributed by atoms with van der Waals surface area (Å²) in [6.07, 6.45) is 1.55. The van der Waals surface area contributed by atoms with Crippen LogP contribution in [0.3, 0.4) is 0 Å². The van der Waals surface area contributed by atoms with Crippen molar-refractivity contribution in [2.24, 2.45) is 0 Å². The first-order chi connectivity index (χ1) is 10.8. The Balaban J connectivity index is 1.76. The molecule has 0 heterocycles. The molecular weight excluding hydrogens is 377 g/mol. The molecule has 0 radical (unpaired) electrons. The predicted octanol–water partition coefficient (Wildman–Crippen LogP) is 4.75. The first-order valence-electron chi connectivity index (χ1n) is 7.06. The number of hydrogen-bond donors (Lipinski definition) is 1. The number of aryl methyl sites for hydroxylation is 1. The standard InChI is InChI=1S/C16H14Cl3NO2S/c17-12-3-4-13-11(8-12)2-6-16(13)20-23(21,22)9-10-1-5-14(18)15(19)7-10/h1,3-5,7-8,16,20H,2,6,9H2. The van der Waals surface area contributed by atoms with E-state index >= 15 is 0 Å². The van der Waals surface area contributed by atoms with E-state index in [1.165, 1.54) is 0 Å². The molecule has 23 heavy (non-hydrogen) atoms. The highest BCUT2D eigenvalue weighted by molar-refractivity contribution is 7.88. The topological polar surface area (TPSA) is 46.2 Å². The number of sulfonamides is 1. The molecule has 1 unspecified atom stereocenters. The summed E-state index contributed by atoms with van der Waals surface area (Å²) in [4.78, 5) is 0. The van der Waals surface area contributed by atoms with Gasteiger partial charge in [-0.3, -0.25) is 0 Å². The highest BCUT2D eigenvalue weighted by atomic mass is 35.5. The summed E-state index contributed by atoms with van der Waals surface area (Å²) in [7, 11) is -3.49. The number of hydrogen-bond acceptors (Lipinski definition) is 2. The molecule has 2 aromatic rings. The molecule has 0 saturated carbocycles. The number of benzene rings is 2. The summed E-state index contributed by atoms with van der Waals surface area (Å²) < 4.78 is 27.6. The minimum atomic E-state index is -3.49. The van der Waals surface area contributed by atoms with Gasteiger partial charge in [0.2, 0.25) is 10.0 Å². The Morgan fingerprint density at radius 3 is 2.57 bits per heavy atom. The van der Waals surface area contributed by atoms with E-state index in [1.54, 1.807) is 24.3 Å². The minimum Gasteiger partial charge on any atom is -0.212 e. The van der Waals surface area contributed by atoms with E-state index in [2.05, 4.69) is 4.72 Å². The van der Waals surface area contributed by atoms with Crippen molar-refractivity contribution >= 4 is 44.8 Å². The molecule has 1 aliphatic carbocycles. The van der Waals surface area contributed by atoms with Crippen LogP contribution in [0.4, 0.5) is 0 Å². The van der Waals surface area contributed by atoms with E-state index in [0.717, 1.165) is 24.0 Å². The van der Waals surface area contributed by atoms with Crippen LogP contribution in [0.15, 0.2) is 36.4 Å². The van der Waals surface area contributed by atoms with Crippen molar-refractivity contribution in [2.75, 3.05) is 0 Å². The van der Waals surface area contributed by atoms with Gasteiger partial charge in [0.15, 0.2) is 0 Å². The van der Waals surface area contributed by atoms with Crippen LogP contribution in [0.25, 0.3) is 0 Å². The van der Waals surface area contributed by atoms with Crippen LogP contribution in [-0.2, 0) is 22.2 Å². The van der Waals surface area contributed by atoms with Crippen LogP contribution < -0.4 is 4.72 Å². The lowest BCUT2D eigenvalue weighted by molar-refractivity contribution is 0.553. The molecule has 3 rings (SSSR count). The Bertz CT molecular complexity index is 852. The van der Waals surface area contributed by atoms with E-state index in [0.29, 0.717) is 20.6 Å². The van der Waals surface area contributed by atoms with Crippen molar-refractivity contribution in [3.8, 4) is 0 Å². The van der Waals surface area contributed by atoms with Gasteiger partial charge in [-0.1, -0.05) is 46.9 Å². The maximum atomic E-state index is 12.4. The third kappa shape index (κ3) is 4.01. The summed E-state index contributed by atoms with van der Waals surface area (Å²) in [6, 6.07) is 10.2. The van der Waals surface area contributed by atoms with Crippen molar-refractivity contribution in [3.05, 3.63) is 68.2 Å². The third-order valence-electron chi connectivity index (χ3n) is 3.85. The van der Waals surface area contributed by atoms with Gasteiger partial charge in [-0.25, -0.2) is 13.1 Å². The molecule has 0 aliphatic heterocycles. The van der Waals surface area contributed by atoms with E-state index in [-0.39, 0.29) is 11.8 Å². The molecule has 2 aromatic carbocycles. The van der Waals surface area contributed by atoms with Gasteiger partial charge in [-0.2, -0.15) is 0 Å². The number of halogens is 3. The zero-order valence-corrected chi connectivity index (χ0v) is 15.1. The van der Waals surface area contributed by atoms with Crippen LogP contribution in [0.1, 0.15) is 29.2 Å². The van der Waals surface area contributed by atoms with Gasteiger partial charge in [0.25, 0.3) is 0 Å². The molecule has 0 spiro atoms. The second-order valence-electron chi connectivity index (χ2n) is 5.56. The highest BCUT2D eigenvalue weighted by Crippen LogP contribution is 2.33. The van der Waals surface area contributed by atoms with Gasteiger partial charge in [0.05, 0.1) is 15.8 Å². The lowest BCUT2D eigenvalue weighted by Gasteiger charge is -2.15. The first-order valence-corrected chi connectivity index (χ1v) is 9.85. The van der Waals surface area contributed by atoms with Gasteiger partial charge in [-0.15, -0.1) is 0 Å². The van der Waals surface area contributed by atoms with Gasteiger partial charge >= 0.3 is 0 Å². The molecule has 3 nitrogen and oxygen atoms in total. The average molecular weight is 391 g/mol. The van der Waals surface area contributed by atoms with Gasteiger partial charge in [0.1, 0.15) is 0 Å². The van der Waals surface area contributed by atoms with Gasteiger partial charge in [-0.05, 0) is 53.8 Å². The van der Waals surface area contributed by atoms with Crippen LogP contribution >= 0.6 is 34.8 Å². The van der Waals surface area contributed by atoms with Gasteiger partial charge < -0.3 is 0 Å². The fraction of sp³-hybridized carbons (Fsp3) is 0.250. The molecule has 7 heteroatoms. The lowest BCUT2D eigenvalue weighted by atomic mass is 10.1. The van der Waals surface area contributed by atoms with E-state index in [1.807, 2.05) is 12.1 Å². The zero-order valence-electron chi connectivity index (χ0n) is 12.0. The van der Waals surface area contributed by atoms with Crippen LogP contribution in [0.2, 0.25) is 15.1 Å².